The molecule has 0 N–H and O–H groups in total. The van der Waals surface area contributed by atoms with Gasteiger partial charge in [0, 0.05) is 5.57 Å². The van der Waals surface area contributed by atoms with Gasteiger partial charge in [-0.25, -0.2) is 4.79 Å². The highest BCUT2D eigenvalue weighted by atomic mass is 16.5. The third-order valence-corrected chi connectivity index (χ3v) is 3.06. The van der Waals surface area contributed by atoms with E-state index in [4.69, 9.17) is 4.74 Å². The van der Waals surface area contributed by atoms with Crippen LogP contribution in [-0.2, 0) is 9.53 Å². The van der Waals surface area contributed by atoms with Crippen molar-refractivity contribution in [3.8, 4) is 0 Å². The molecule has 0 saturated heterocycles. The van der Waals surface area contributed by atoms with Gasteiger partial charge in [0.1, 0.15) is 0 Å². The normalized spacial score (nSPS) is 11.6. The summed E-state index contributed by atoms with van der Waals surface area (Å²) in [4.78, 5) is 11.4. The van der Waals surface area contributed by atoms with Gasteiger partial charge < -0.3 is 4.74 Å². The van der Waals surface area contributed by atoms with E-state index >= 15 is 0 Å². The van der Waals surface area contributed by atoms with Crippen molar-refractivity contribution < 1.29 is 9.53 Å². The molecular weight excluding hydrogens is 224 g/mol. The van der Waals surface area contributed by atoms with Crippen LogP contribution in [0.15, 0.2) is 11.6 Å². The molecule has 0 aromatic heterocycles. The number of carbonyl (C=O) groups excluding carboxylic acids is 1. The fourth-order valence-electron chi connectivity index (χ4n) is 1.90. The standard InChI is InChI=1S/C16H30O2/c1-4-6-7-8-9-10-11-12-14-18-16(17)15(3)13-5-2/h13H,4-12,14H2,1-3H3. The van der Waals surface area contributed by atoms with Crippen LogP contribution in [-0.4, -0.2) is 12.6 Å². The summed E-state index contributed by atoms with van der Waals surface area (Å²) in [6.07, 6.45) is 13.0. The van der Waals surface area contributed by atoms with Gasteiger partial charge in [-0.1, -0.05) is 64.9 Å². The molecule has 0 fully saturated rings. The monoisotopic (exact) mass is 254 g/mol. The molecule has 106 valence electrons. The molecule has 0 aliphatic heterocycles. The second-order valence-electron chi connectivity index (χ2n) is 4.91. The second kappa shape index (κ2) is 12.7. The van der Waals surface area contributed by atoms with Crippen LogP contribution in [0.5, 0.6) is 0 Å². The topological polar surface area (TPSA) is 26.3 Å². The molecule has 0 unspecified atom stereocenters. The Labute approximate surface area is 113 Å². The molecule has 0 bridgehead atoms. The van der Waals surface area contributed by atoms with E-state index in [1.807, 2.05) is 19.9 Å². The van der Waals surface area contributed by atoms with Crippen LogP contribution in [0.3, 0.4) is 0 Å². The van der Waals surface area contributed by atoms with Crippen LogP contribution in [0, 0.1) is 0 Å². The summed E-state index contributed by atoms with van der Waals surface area (Å²) in [6, 6.07) is 0. The second-order valence-corrected chi connectivity index (χ2v) is 4.91. The summed E-state index contributed by atoms with van der Waals surface area (Å²) in [5.74, 6) is -0.153. The number of esters is 1. The Balaban J connectivity index is 3.30. The lowest BCUT2D eigenvalue weighted by Crippen LogP contribution is -2.07. The summed E-state index contributed by atoms with van der Waals surface area (Å²) < 4.78 is 5.19. The molecular formula is C16H30O2. The lowest BCUT2D eigenvalue weighted by molar-refractivity contribution is -0.139. The van der Waals surface area contributed by atoms with Crippen LogP contribution in [0.2, 0.25) is 0 Å². The molecule has 18 heavy (non-hydrogen) atoms. The molecule has 2 heteroatoms. The van der Waals surface area contributed by atoms with Crippen molar-refractivity contribution >= 4 is 5.97 Å². The minimum atomic E-state index is -0.153. The van der Waals surface area contributed by atoms with E-state index in [9.17, 15) is 4.79 Å². The number of hydrogen-bond donors (Lipinski definition) is 0. The van der Waals surface area contributed by atoms with E-state index in [2.05, 4.69) is 6.92 Å². The first-order valence-electron chi connectivity index (χ1n) is 7.56. The van der Waals surface area contributed by atoms with Crippen molar-refractivity contribution in [2.24, 2.45) is 0 Å². The first-order valence-corrected chi connectivity index (χ1v) is 7.56. The summed E-state index contributed by atoms with van der Waals surface area (Å²) in [6.45, 7) is 6.65. The van der Waals surface area contributed by atoms with Crippen LogP contribution in [0.4, 0.5) is 0 Å². The van der Waals surface area contributed by atoms with E-state index in [-0.39, 0.29) is 5.97 Å². The maximum Gasteiger partial charge on any atom is 0.333 e. The Morgan fingerprint density at radius 1 is 0.944 bits per heavy atom. The lowest BCUT2D eigenvalue weighted by Gasteiger charge is -2.05. The van der Waals surface area contributed by atoms with Crippen molar-refractivity contribution in [1.29, 1.82) is 0 Å². The maximum atomic E-state index is 11.4. The molecule has 0 rings (SSSR count). The van der Waals surface area contributed by atoms with E-state index < -0.39 is 0 Å². The number of carbonyl (C=O) groups is 1. The Hall–Kier alpha value is -0.790. The summed E-state index contributed by atoms with van der Waals surface area (Å²) in [7, 11) is 0. The molecule has 0 aromatic carbocycles. The Morgan fingerprint density at radius 2 is 1.50 bits per heavy atom. The van der Waals surface area contributed by atoms with Crippen molar-refractivity contribution in [2.75, 3.05) is 6.61 Å². The van der Waals surface area contributed by atoms with Gasteiger partial charge in [0.2, 0.25) is 0 Å². The quantitative estimate of drug-likeness (QED) is 0.294. The highest BCUT2D eigenvalue weighted by molar-refractivity contribution is 5.87. The van der Waals surface area contributed by atoms with Crippen LogP contribution in [0.1, 0.15) is 78.6 Å². The summed E-state index contributed by atoms with van der Waals surface area (Å²) >= 11 is 0. The molecule has 0 spiro atoms. The number of unbranched alkanes of at least 4 members (excludes halogenated alkanes) is 7. The number of rotatable bonds is 11. The molecule has 0 saturated carbocycles. The van der Waals surface area contributed by atoms with Crippen LogP contribution in [0.25, 0.3) is 0 Å². The lowest BCUT2D eigenvalue weighted by atomic mass is 10.1. The van der Waals surface area contributed by atoms with Gasteiger partial charge in [-0.3, -0.25) is 0 Å². The number of ether oxygens (including phenoxy) is 1. The number of allylic oxidation sites excluding steroid dienone is 1. The highest BCUT2D eigenvalue weighted by Crippen LogP contribution is 2.08. The Bertz CT molecular complexity index is 231. The van der Waals surface area contributed by atoms with Gasteiger partial charge in [-0.05, 0) is 19.8 Å². The smallest absolute Gasteiger partial charge is 0.333 e. The SMILES string of the molecule is CCC=C(C)C(=O)OCCCCCCCCCC. The minimum Gasteiger partial charge on any atom is -0.462 e. The van der Waals surface area contributed by atoms with E-state index in [0.29, 0.717) is 6.61 Å². The van der Waals surface area contributed by atoms with Gasteiger partial charge in [-0.2, -0.15) is 0 Å². The third kappa shape index (κ3) is 10.4. The largest absolute Gasteiger partial charge is 0.462 e. The van der Waals surface area contributed by atoms with Gasteiger partial charge in [0.05, 0.1) is 6.61 Å². The maximum absolute atomic E-state index is 11.4. The van der Waals surface area contributed by atoms with Gasteiger partial charge >= 0.3 is 5.97 Å². The highest BCUT2D eigenvalue weighted by Gasteiger charge is 2.03. The predicted octanol–water partition coefficient (Wildman–Crippen LogP) is 5.03. The Kier molecular flexibility index (Phi) is 12.1. The summed E-state index contributed by atoms with van der Waals surface area (Å²) in [5.41, 5.74) is 0.733. The average molecular weight is 254 g/mol. The van der Waals surface area contributed by atoms with Crippen LogP contribution < -0.4 is 0 Å². The molecule has 0 atom stereocenters. The van der Waals surface area contributed by atoms with Gasteiger partial charge in [0.15, 0.2) is 0 Å². The minimum absolute atomic E-state index is 0.153. The van der Waals surface area contributed by atoms with Crippen molar-refractivity contribution in [1.82, 2.24) is 0 Å². The van der Waals surface area contributed by atoms with Crippen molar-refractivity contribution in [3.05, 3.63) is 11.6 Å². The molecule has 0 heterocycles. The van der Waals surface area contributed by atoms with Crippen LogP contribution >= 0.6 is 0 Å². The molecule has 0 radical (unpaired) electrons. The van der Waals surface area contributed by atoms with E-state index in [1.54, 1.807) is 0 Å². The molecule has 0 aliphatic rings. The van der Waals surface area contributed by atoms with Gasteiger partial charge in [-0.15, -0.1) is 0 Å². The molecule has 0 aromatic rings. The summed E-state index contributed by atoms with van der Waals surface area (Å²) in [5, 5.41) is 0. The third-order valence-electron chi connectivity index (χ3n) is 3.06. The fraction of sp³-hybridized carbons (Fsp3) is 0.812. The average Bonchev–Trinajstić information content (AvgIpc) is 2.36. The first kappa shape index (κ1) is 17.2. The Morgan fingerprint density at radius 3 is 2.06 bits per heavy atom. The zero-order valence-electron chi connectivity index (χ0n) is 12.5. The van der Waals surface area contributed by atoms with E-state index in [1.165, 1.54) is 44.9 Å². The zero-order chi connectivity index (χ0) is 13.6. The molecule has 0 amide bonds. The molecule has 0 aliphatic carbocycles. The number of hydrogen-bond acceptors (Lipinski definition) is 2. The molecule has 2 nitrogen and oxygen atoms in total. The van der Waals surface area contributed by atoms with Crippen molar-refractivity contribution in [3.63, 3.8) is 0 Å². The predicted molar refractivity (Wildman–Crippen MR) is 77.6 cm³/mol. The first-order chi connectivity index (χ1) is 8.72. The van der Waals surface area contributed by atoms with Gasteiger partial charge in [0.25, 0.3) is 0 Å². The van der Waals surface area contributed by atoms with E-state index in [0.717, 1.165) is 18.4 Å². The fourth-order valence-corrected chi connectivity index (χ4v) is 1.90. The van der Waals surface area contributed by atoms with Crippen molar-refractivity contribution in [2.45, 2.75) is 78.6 Å². The zero-order valence-corrected chi connectivity index (χ0v) is 12.5.